The average molecular weight is 179 g/mol. The van der Waals surface area contributed by atoms with Gasteiger partial charge in [-0.15, -0.1) is 0 Å². The summed E-state index contributed by atoms with van der Waals surface area (Å²) in [5.41, 5.74) is 4.69. The Labute approximate surface area is 73.0 Å². The number of anilines is 1. The monoisotopic (exact) mass is 179 g/mol. The fourth-order valence-corrected chi connectivity index (χ4v) is 0.861. The zero-order chi connectivity index (χ0) is 10.0. The van der Waals surface area contributed by atoms with Crippen LogP contribution in [0.5, 0.6) is 5.75 Å². The van der Waals surface area contributed by atoms with E-state index in [0.717, 1.165) is 12.1 Å². The first-order valence-corrected chi connectivity index (χ1v) is 3.23. The van der Waals surface area contributed by atoms with E-state index < -0.39 is 10.7 Å². The summed E-state index contributed by atoms with van der Waals surface area (Å²) in [6.45, 7) is 0. The van der Waals surface area contributed by atoms with Crippen LogP contribution in [-0.2, 0) is 0 Å². The quantitative estimate of drug-likeness (QED) is 0.375. The lowest BCUT2D eigenvalue weighted by Crippen LogP contribution is -1.94. The van der Waals surface area contributed by atoms with Crippen LogP contribution in [0.15, 0.2) is 12.1 Å². The summed E-state index contributed by atoms with van der Waals surface area (Å²) in [4.78, 5) is 9.56. The standard InChI is InChI=1S/C7H5N3O3/c8-3-5-6(9)1-4(10(12)13)2-7(5)11/h1-2,11H,9H2. The third kappa shape index (κ3) is 1.49. The third-order valence-electron chi connectivity index (χ3n) is 1.46. The number of phenolic OH excluding ortho intramolecular Hbond substituents is 1. The number of nitro groups is 1. The first-order valence-electron chi connectivity index (χ1n) is 3.23. The molecule has 0 unspecified atom stereocenters. The third-order valence-corrected chi connectivity index (χ3v) is 1.46. The predicted octanol–water partition coefficient (Wildman–Crippen LogP) is 0.754. The van der Waals surface area contributed by atoms with E-state index in [9.17, 15) is 10.1 Å². The van der Waals surface area contributed by atoms with Crippen molar-refractivity contribution in [2.75, 3.05) is 5.73 Å². The minimum Gasteiger partial charge on any atom is -0.506 e. The van der Waals surface area contributed by atoms with Gasteiger partial charge in [0.1, 0.15) is 17.4 Å². The highest BCUT2D eigenvalue weighted by molar-refractivity contribution is 5.65. The molecule has 0 radical (unpaired) electrons. The van der Waals surface area contributed by atoms with E-state index in [4.69, 9.17) is 16.1 Å². The first kappa shape index (κ1) is 8.80. The summed E-state index contributed by atoms with van der Waals surface area (Å²) in [5, 5.41) is 27.8. The van der Waals surface area contributed by atoms with Crippen molar-refractivity contribution in [3.63, 3.8) is 0 Å². The normalized spacial score (nSPS) is 9.15. The molecule has 0 spiro atoms. The van der Waals surface area contributed by atoms with Gasteiger partial charge in [-0.1, -0.05) is 0 Å². The summed E-state index contributed by atoms with van der Waals surface area (Å²) in [6, 6.07) is 3.54. The number of nitrogen functional groups attached to an aromatic ring is 1. The van der Waals surface area contributed by atoms with Crippen LogP contribution in [0.2, 0.25) is 0 Å². The van der Waals surface area contributed by atoms with Gasteiger partial charge in [-0.25, -0.2) is 0 Å². The molecule has 0 amide bonds. The zero-order valence-electron chi connectivity index (χ0n) is 6.39. The molecule has 0 atom stereocenters. The number of aromatic hydroxyl groups is 1. The van der Waals surface area contributed by atoms with Gasteiger partial charge in [-0.2, -0.15) is 5.26 Å². The molecule has 0 heterocycles. The number of nitro benzene ring substituents is 1. The van der Waals surface area contributed by atoms with Gasteiger partial charge in [-0.05, 0) is 0 Å². The summed E-state index contributed by atoms with van der Waals surface area (Å²) in [7, 11) is 0. The Bertz CT molecular complexity index is 385. The van der Waals surface area contributed by atoms with Crippen LogP contribution < -0.4 is 5.73 Å². The van der Waals surface area contributed by atoms with Crippen molar-refractivity contribution in [3.8, 4) is 11.8 Å². The second kappa shape index (κ2) is 2.98. The second-order valence-electron chi connectivity index (χ2n) is 2.30. The highest BCUT2D eigenvalue weighted by atomic mass is 16.6. The van der Waals surface area contributed by atoms with Gasteiger partial charge < -0.3 is 10.8 Å². The Morgan fingerprint density at radius 3 is 2.62 bits per heavy atom. The highest BCUT2D eigenvalue weighted by Gasteiger charge is 2.13. The number of benzene rings is 1. The summed E-state index contributed by atoms with van der Waals surface area (Å²) in [6.07, 6.45) is 0. The minimum atomic E-state index is -0.697. The maximum Gasteiger partial charge on any atom is 0.275 e. The fraction of sp³-hybridized carbons (Fsp3) is 0. The van der Waals surface area contributed by atoms with Crippen LogP contribution >= 0.6 is 0 Å². The first-order chi connectivity index (χ1) is 6.06. The number of non-ortho nitro benzene ring substituents is 1. The fourth-order valence-electron chi connectivity index (χ4n) is 0.861. The Hall–Kier alpha value is -2.29. The van der Waals surface area contributed by atoms with Gasteiger partial charge in [0.25, 0.3) is 5.69 Å². The predicted molar refractivity (Wildman–Crippen MR) is 43.9 cm³/mol. The van der Waals surface area contributed by atoms with E-state index in [1.807, 2.05) is 0 Å². The average Bonchev–Trinajstić information content (AvgIpc) is 2.03. The Balaban J connectivity index is 3.39. The van der Waals surface area contributed by atoms with Crippen molar-refractivity contribution in [3.05, 3.63) is 27.8 Å². The minimum absolute atomic E-state index is 0.103. The molecule has 66 valence electrons. The molecule has 0 fully saturated rings. The molecule has 0 saturated heterocycles. The number of nitrogens with zero attached hydrogens (tertiary/aromatic N) is 2. The molecular formula is C7H5N3O3. The summed E-state index contributed by atoms with van der Waals surface area (Å²) < 4.78 is 0. The van der Waals surface area contributed by atoms with E-state index >= 15 is 0 Å². The lowest BCUT2D eigenvalue weighted by Gasteiger charge is -1.99. The number of phenols is 1. The number of nitrogens with two attached hydrogens (primary N) is 1. The Morgan fingerprint density at radius 1 is 1.62 bits per heavy atom. The van der Waals surface area contributed by atoms with Crippen molar-refractivity contribution in [1.29, 1.82) is 5.26 Å². The van der Waals surface area contributed by atoms with Crippen molar-refractivity contribution in [2.45, 2.75) is 0 Å². The van der Waals surface area contributed by atoms with Gasteiger partial charge in [-0.3, -0.25) is 10.1 Å². The molecule has 0 aromatic heterocycles. The maximum atomic E-state index is 10.3. The van der Waals surface area contributed by atoms with E-state index in [2.05, 4.69) is 0 Å². The van der Waals surface area contributed by atoms with Gasteiger partial charge in [0.15, 0.2) is 0 Å². The summed E-state index contributed by atoms with van der Waals surface area (Å²) >= 11 is 0. The molecule has 0 aliphatic heterocycles. The van der Waals surface area contributed by atoms with Crippen LogP contribution in [-0.4, -0.2) is 10.0 Å². The summed E-state index contributed by atoms with van der Waals surface area (Å²) in [5.74, 6) is -0.478. The van der Waals surface area contributed by atoms with Crippen LogP contribution in [0, 0.1) is 21.4 Å². The van der Waals surface area contributed by atoms with Gasteiger partial charge in [0.05, 0.1) is 16.7 Å². The van der Waals surface area contributed by atoms with Crippen LogP contribution in [0.25, 0.3) is 0 Å². The number of hydrogen-bond acceptors (Lipinski definition) is 5. The molecule has 0 aliphatic rings. The van der Waals surface area contributed by atoms with E-state index in [0.29, 0.717) is 0 Å². The smallest absolute Gasteiger partial charge is 0.275 e. The number of rotatable bonds is 1. The molecule has 6 nitrogen and oxygen atoms in total. The second-order valence-corrected chi connectivity index (χ2v) is 2.30. The van der Waals surface area contributed by atoms with Crippen LogP contribution in [0.1, 0.15) is 5.56 Å². The van der Waals surface area contributed by atoms with Gasteiger partial charge >= 0.3 is 0 Å². The van der Waals surface area contributed by atoms with E-state index in [1.165, 1.54) is 0 Å². The maximum absolute atomic E-state index is 10.3. The van der Waals surface area contributed by atoms with E-state index in [1.54, 1.807) is 6.07 Å². The van der Waals surface area contributed by atoms with Crippen LogP contribution in [0.4, 0.5) is 11.4 Å². The van der Waals surface area contributed by atoms with Crippen molar-refractivity contribution >= 4 is 11.4 Å². The molecule has 6 heteroatoms. The molecule has 0 bridgehead atoms. The largest absolute Gasteiger partial charge is 0.506 e. The van der Waals surface area contributed by atoms with Crippen molar-refractivity contribution < 1.29 is 10.0 Å². The van der Waals surface area contributed by atoms with Gasteiger partial charge in [0.2, 0.25) is 0 Å². The molecule has 1 rings (SSSR count). The molecule has 1 aromatic rings. The van der Waals surface area contributed by atoms with Gasteiger partial charge in [0, 0.05) is 6.07 Å². The van der Waals surface area contributed by atoms with Crippen molar-refractivity contribution in [1.82, 2.24) is 0 Å². The number of hydrogen-bond donors (Lipinski definition) is 2. The molecule has 0 saturated carbocycles. The molecule has 3 N–H and O–H groups in total. The highest BCUT2D eigenvalue weighted by Crippen LogP contribution is 2.28. The SMILES string of the molecule is N#Cc1c(N)cc([N+](=O)[O-])cc1O. The van der Waals surface area contributed by atoms with Crippen LogP contribution in [0.3, 0.4) is 0 Å². The molecule has 1 aromatic carbocycles. The lowest BCUT2D eigenvalue weighted by molar-refractivity contribution is -0.384. The lowest BCUT2D eigenvalue weighted by atomic mass is 10.1. The molecular weight excluding hydrogens is 174 g/mol. The molecule has 13 heavy (non-hydrogen) atoms. The number of nitriles is 1. The Kier molecular flexibility index (Phi) is 2.02. The zero-order valence-corrected chi connectivity index (χ0v) is 6.39. The molecule has 0 aliphatic carbocycles. The Morgan fingerprint density at radius 2 is 2.23 bits per heavy atom. The topological polar surface area (TPSA) is 113 Å². The van der Waals surface area contributed by atoms with Crippen molar-refractivity contribution in [2.24, 2.45) is 0 Å². The van der Waals surface area contributed by atoms with E-state index in [-0.39, 0.29) is 16.9 Å².